The summed E-state index contributed by atoms with van der Waals surface area (Å²) in [5, 5.41) is 8.79. The van der Waals surface area contributed by atoms with E-state index in [9.17, 15) is 0 Å². The Balaban J connectivity index is 2.35. The average molecular weight is 246 g/mol. The van der Waals surface area contributed by atoms with Crippen molar-refractivity contribution in [2.24, 2.45) is 0 Å². The SMILES string of the molecule is CCCC(C)N(C)CCOc1cccc(C#N)c1. The molecule has 98 valence electrons. The van der Waals surface area contributed by atoms with Gasteiger partial charge < -0.3 is 9.64 Å². The molecule has 3 heteroatoms. The van der Waals surface area contributed by atoms with Crippen LogP contribution in [-0.4, -0.2) is 31.1 Å². The predicted octanol–water partition coefficient (Wildman–Crippen LogP) is 3.06. The van der Waals surface area contributed by atoms with E-state index in [4.69, 9.17) is 10.00 Å². The fraction of sp³-hybridized carbons (Fsp3) is 0.533. The Morgan fingerprint density at radius 2 is 2.22 bits per heavy atom. The van der Waals surface area contributed by atoms with Crippen molar-refractivity contribution < 1.29 is 4.74 Å². The molecule has 0 heterocycles. The van der Waals surface area contributed by atoms with Crippen LogP contribution in [0, 0.1) is 11.3 Å². The molecule has 0 radical (unpaired) electrons. The molecule has 0 aliphatic carbocycles. The van der Waals surface area contributed by atoms with Crippen molar-refractivity contribution >= 4 is 0 Å². The van der Waals surface area contributed by atoms with Gasteiger partial charge in [0.15, 0.2) is 0 Å². The summed E-state index contributed by atoms with van der Waals surface area (Å²) in [4.78, 5) is 2.30. The molecule has 0 saturated heterocycles. The molecule has 0 spiro atoms. The molecule has 0 N–H and O–H groups in total. The summed E-state index contributed by atoms with van der Waals surface area (Å²) < 4.78 is 5.65. The summed E-state index contributed by atoms with van der Waals surface area (Å²) in [7, 11) is 2.12. The molecule has 1 unspecified atom stereocenters. The first-order chi connectivity index (χ1) is 8.67. The molecule has 0 aliphatic rings. The summed E-state index contributed by atoms with van der Waals surface area (Å²) >= 11 is 0. The monoisotopic (exact) mass is 246 g/mol. The molecular weight excluding hydrogens is 224 g/mol. The number of hydrogen-bond acceptors (Lipinski definition) is 3. The Bertz CT molecular complexity index is 398. The largest absolute Gasteiger partial charge is 0.492 e. The van der Waals surface area contributed by atoms with Crippen LogP contribution in [0.4, 0.5) is 0 Å². The maximum Gasteiger partial charge on any atom is 0.120 e. The highest BCUT2D eigenvalue weighted by atomic mass is 16.5. The Hall–Kier alpha value is -1.53. The van der Waals surface area contributed by atoms with Crippen LogP contribution < -0.4 is 4.74 Å². The highest BCUT2D eigenvalue weighted by Gasteiger charge is 2.07. The highest BCUT2D eigenvalue weighted by Crippen LogP contribution is 2.12. The van der Waals surface area contributed by atoms with Crippen LogP contribution in [0.1, 0.15) is 32.3 Å². The van der Waals surface area contributed by atoms with E-state index >= 15 is 0 Å². The molecule has 18 heavy (non-hydrogen) atoms. The zero-order valence-electron chi connectivity index (χ0n) is 11.5. The Morgan fingerprint density at radius 1 is 1.44 bits per heavy atom. The fourth-order valence-electron chi connectivity index (χ4n) is 1.82. The van der Waals surface area contributed by atoms with Crippen LogP contribution in [0.25, 0.3) is 0 Å². The lowest BCUT2D eigenvalue weighted by Gasteiger charge is -2.24. The van der Waals surface area contributed by atoms with Gasteiger partial charge in [-0.2, -0.15) is 5.26 Å². The molecule has 1 rings (SSSR count). The Labute approximate surface area is 110 Å². The second kappa shape index (κ2) is 7.73. The number of rotatable bonds is 7. The maximum atomic E-state index is 8.79. The van der Waals surface area contributed by atoms with Gasteiger partial charge in [0.25, 0.3) is 0 Å². The van der Waals surface area contributed by atoms with Crippen molar-refractivity contribution in [2.45, 2.75) is 32.7 Å². The summed E-state index contributed by atoms with van der Waals surface area (Å²) in [6.45, 7) is 5.99. The Kier molecular flexibility index (Phi) is 6.24. The maximum absolute atomic E-state index is 8.79. The van der Waals surface area contributed by atoms with E-state index in [1.54, 1.807) is 12.1 Å². The van der Waals surface area contributed by atoms with Gasteiger partial charge in [0.1, 0.15) is 12.4 Å². The van der Waals surface area contributed by atoms with Crippen molar-refractivity contribution in [1.82, 2.24) is 4.90 Å². The van der Waals surface area contributed by atoms with Gasteiger partial charge in [-0.15, -0.1) is 0 Å². The van der Waals surface area contributed by atoms with Gasteiger partial charge in [0.2, 0.25) is 0 Å². The molecule has 3 nitrogen and oxygen atoms in total. The third-order valence-corrected chi connectivity index (χ3v) is 3.13. The molecule has 0 aliphatic heterocycles. The average Bonchev–Trinajstić information content (AvgIpc) is 2.39. The number of nitrogens with zero attached hydrogens (tertiary/aromatic N) is 2. The van der Waals surface area contributed by atoms with Gasteiger partial charge in [-0.1, -0.05) is 19.4 Å². The van der Waals surface area contributed by atoms with Crippen LogP contribution in [-0.2, 0) is 0 Å². The van der Waals surface area contributed by atoms with E-state index in [0.29, 0.717) is 18.2 Å². The van der Waals surface area contributed by atoms with Crippen molar-refractivity contribution in [2.75, 3.05) is 20.2 Å². The van der Waals surface area contributed by atoms with Crippen LogP contribution in [0.5, 0.6) is 5.75 Å². The third-order valence-electron chi connectivity index (χ3n) is 3.13. The second-order valence-corrected chi connectivity index (χ2v) is 4.61. The molecule has 0 bridgehead atoms. The van der Waals surface area contributed by atoms with Gasteiger partial charge in [-0.05, 0) is 38.6 Å². The molecule has 1 atom stereocenters. The lowest BCUT2D eigenvalue weighted by atomic mass is 10.2. The van der Waals surface area contributed by atoms with Crippen LogP contribution in [0.15, 0.2) is 24.3 Å². The lowest BCUT2D eigenvalue weighted by Crippen LogP contribution is -2.32. The van der Waals surface area contributed by atoms with Crippen molar-refractivity contribution in [3.8, 4) is 11.8 Å². The predicted molar refractivity (Wildman–Crippen MR) is 73.7 cm³/mol. The highest BCUT2D eigenvalue weighted by molar-refractivity contribution is 5.36. The zero-order valence-corrected chi connectivity index (χ0v) is 11.5. The summed E-state index contributed by atoms with van der Waals surface area (Å²) in [5.41, 5.74) is 0.639. The van der Waals surface area contributed by atoms with E-state index in [1.807, 2.05) is 12.1 Å². The van der Waals surface area contributed by atoms with Crippen molar-refractivity contribution in [3.63, 3.8) is 0 Å². The molecule has 1 aromatic carbocycles. The van der Waals surface area contributed by atoms with Crippen molar-refractivity contribution in [1.29, 1.82) is 5.26 Å². The number of nitriles is 1. The second-order valence-electron chi connectivity index (χ2n) is 4.61. The van der Waals surface area contributed by atoms with Crippen LogP contribution in [0.2, 0.25) is 0 Å². The zero-order chi connectivity index (χ0) is 13.4. The third kappa shape index (κ3) is 4.77. The lowest BCUT2D eigenvalue weighted by molar-refractivity contribution is 0.193. The molecule has 1 aromatic rings. The quantitative estimate of drug-likeness (QED) is 0.742. The van der Waals surface area contributed by atoms with Crippen molar-refractivity contribution in [3.05, 3.63) is 29.8 Å². The first-order valence-electron chi connectivity index (χ1n) is 6.50. The molecular formula is C15H22N2O. The van der Waals surface area contributed by atoms with Gasteiger partial charge in [0, 0.05) is 12.6 Å². The smallest absolute Gasteiger partial charge is 0.120 e. The molecule has 0 fully saturated rings. The van der Waals surface area contributed by atoms with Gasteiger partial charge >= 0.3 is 0 Å². The molecule has 0 amide bonds. The number of benzene rings is 1. The summed E-state index contributed by atoms with van der Waals surface area (Å²) in [5.74, 6) is 0.769. The fourth-order valence-corrected chi connectivity index (χ4v) is 1.82. The summed E-state index contributed by atoms with van der Waals surface area (Å²) in [6, 6.07) is 9.98. The van der Waals surface area contributed by atoms with Gasteiger partial charge in [0.05, 0.1) is 11.6 Å². The molecule has 0 aromatic heterocycles. The van der Waals surface area contributed by atoms with Crippen LogP contribution in [0.3, 0.4) is 0 Å². The van der Waals surface area contributed by atoms with E-state index < -0.39 is 0 Å². The van der Waals surface area contributed by atoms with E-state index in [2.05, 4.69) is 31.9 Å². The standard InChI is InChI=1S/C15H22N2O/c1-4-6-13(2)17(3)9-10-18-15-8-5-7-14(11-15)12-16/h5,7-8,11,13H,4,6,9-10H2,1-3H3. The topological polar surface area (TPSA) is 36.3 Å². The minimum absolute atomic E-state index is 0.587. The first-order valence-corrected chi connectivity index (χ1v) is 6.50. The van der Waals surface area contributed by atoms with Crippen LogP contribution >= 0.6 is 0 Å². The number of likely N-dealkylation sites (N-methyl/N-ethyl adjacent to an activating group) is 1. The minimum atomic E-state index is 0.587. The summed E-state index contributed by atoms with van der Waals surface area (Å²) in [6.07, 6.45) is 2.41. The normalized spacial score (nSPS) is 12.2. The number of ether oxygens (including phenoxy) is 1. The molecule has 0 saturated carbocycles. The van der Waals surface area contributed by atoms with E-state index in [-0.39, 0.29) is 0 Å². The van der Waals surface area contributed by atoms with Gasteiger partial charge in [-0.3, -0.25) is 0 Å². The minimum Gasteiger partial charge on any atom is -0.492 e. The number of hydrogen-bond donors (Lipinski definition) is 0. The first kappa shape index (κ1) is 14.5. The van der Waals surface area contributed by atoms with Gasteiger partial charge in [-0.25, -0.2) is 0 Å². The Morgan fingerprint density at radius 3 is 2.89 bits per heavy atom. The van der Waals surface area contributed by atoms with E-state index in [0.717, 1.165) is 12.3 Å². The van der Waals surface area contributed by atoms with E-state index in [1.165, 1.54) is 12.8 Å².